The first-order valence-corrected chi connectivity index (χ1v) is 3.76. The van der Waals surface area contributed by atoms with Gasteiger partial charge in [-0.15, -0.1) is 0 Å². The van der Waals surface area contributed by atoms with E-state index in [4.69, 9.17) is 5.41 Å². The van der Waals surface area contributed by atoms with Crippen molar-refractivity contribution in [2.24, 2.45) is 0 Å². The van der Waals surface area contributed by atoms with Crippen molar-refractivity contribution in [1.82, 2.24) is 0 Å². The molecule has 2 rings (SSSR count). The van der Waals surface area contributed by atoms with Crippen molar-refractivity contribution in [2.75, 3.05) is 0 Å². The molecule has 0 saturated carbocycles. The average molecular weight is 157 g/mol. The fraction of sp³-hybridized carbons (Fsp3) is 0. The molecule has 0 atom stereocenters. The molecule has 60 valence electrons. The zero-order valence-electron chi connectivity index (χ0n) is 6.83. The molecule has 12 heavy (non-hydrogen) atoms. The normalized spacial score (nSPS) is 8.67. The number of hydrogen-bond donors (Lipinski definition) is 1. The number of fused-ring (bicyclic) bond motifs is 1. The smallest absolute Gasteiger partial charge is 0.0184 e. The van der Waals surface area contributed by atoms with Crippen LogP contribution in [-0.2, 0) is 0 Å². The van der Waals surface area contributed by atoms with Crippen molar-refractivity contribution in [1.29, 1.82) is 5.41 Å². The lowest BCUT2D eigenvalue weighted by Crippen LogP contribution is -1.67. The lowest BCUT2D eigenvalue weighted by Gasteiger charge is -1.92. The summed E-state index contributed by atoms with van der Waals surface area (Å²) in [5, 5.41) is 8.12. The summed E-state index contributed by atoms with van der Waals surface area (Å²) in [4.78, 5) is 0. The predicted molar refractivity (Wildman–Crippen MR) is 53.8 cm³/mol. The molecular weight excluding hydrogens is 146 g/mol. The SMILES string of the molecule is C=N.c1ccc2ccccc2c1. The second-order valence-electron chi connectivity index (χ2n) is 2.35. The van der Waals surface area contributed by atoms with Gasteiger partial charge in [-0.05, 0) is 17.5 Å². The van der Waals surface area contributed by atoms with Crippen LogP contribution >= 0.6 is 0 Å². The van der Waals surface area contributed by atoms with Crippen molar-refractivity contribution in [2.45, 2.75) is 0 Å². The van der Waals surface area contributed by atoms with E-state index in [1.165, 1.54) is 10.8 Å². The Labute approximate surface area is 72.2 Å². The fourth-order valence-corrected chi connectivity index (χ4v) is 1.13. The first-order chi connectivity index (χ1) is 5.97. The molecule has 0 aliphatic carbocycles. The molecule has 0 heterocycles. The van der Waals surface area contributed by atoms with E-state index in [0.29, 0.717) is 0 Å². The van der Waals surface area contributed by atoms with Crippen LogP contribution in [-0.4, -0.2) is 6.72 Å². The van der Waals surface area contributed by atoms with Gasteiger partial charge in [0.05, 0.1) is 0 Å². The van der Waals surface area contributed by atoms with Gasteiger partial charge in [0, 0.05) is 0 Å². The molecule has 0 aliphatic rings. The van der Waals surface area contributed by atoms with E-state index in [2.05, 4.69) is 55.2 Å². The molecule has 1 nitrogen and oxygen atoms in total. The second kappa shape index (κ2) is 4.29. The summed E-state index contributed by atoms with van der Waals surface area (Å²) in [6.07, 6.45) is 0. The lowest BCUT2D eigenvalue weighted by molar-refractivity contribution is 1.61. The summed E-state index contributed by atoms with van der Waals surface area (Å²) in [6, 6.07) is 16.7. The number of nitrogens with one attached hydrogen (secondary N) is 1. The van der Waals surface area contributed by atoms with Gasteiger partial charge in [-0.3, -0.25) is 0 Å². The monoisotopic (exact) mass is 157 g/mol. The van der Waals surface area contributed by atoms with Gasteiger partial charge in [-0.25, -0.2) is 0 Å². The van der Waals surface area contributed by atoms with E-state index in [0.717, 1.165) is 0 Å². The largest absolute Gasteiger partial charge is 0.317 e. The minimum absolute atomic E-state index is 1.31. The van der Waals surface area contributed by atoms with Gasteiger partial charge < -0.3 is 5.41 Å². The van der Waals surface area contributed by atoms with E-state index in [9.17, 15) is 0 Å². The van der Waals surface area contributed by atoms with Crippen molar-refractivity contribution in [3.05, 3.63) is 48.5 Å². The third-order valence-corrected chi connectivity index (χ3v) is 1.66. The number of hydrogen-bond acceptors (Lipinski definition) is 1. The lowest BCUT2D eigenvalue weighted by atomic mass is 10.1. The highest BCUT2D eigenvalue weighted by Crippen LogP contribution is 2.11. The Balaban J connectivity index is 0.000000336. The van der Waals surface area contributed by atoms with Crippen molar-refractivity contribution in [3.8, 4) is 0 Å². The molecule has 0 radical (unpaired) electrons. The van der Waals surface area contributed by atoms with Gasteiger partial charge in [-0.1, -0.05) is 48.5 Å². The van der Waals surface area contributed by atoms with Crippen LogP contribution in [0.1, 0.15) is 0 Å². The Hall–Kier alpha value is -1.63. The van der Waals surface area contributed by atoms with Crippen LogP contribution in [0, 0.1) is 5.41 Å². The Morgan fingerprint density at radius 2 is 0.917 bits per heavy atom. The molecule has 0 aliphatic heterocycles. The van der Waals surface area contributed by atoms with Crippen LogP contribution in [0.2, 0.25) is 0 Å². The molecule has 2 aromatic carbocycles. The highest BCUT2D eigenvalue weighted by Gasteiger charge is 1.85. The minimum Gasteiger partial charge on any atom is -0.317 e. The molecule has 0 fully saturated rings. The highest BCUT2D eigenvalue weighted by molar-refractivity contribution is 5.81. The van der Waals surface area contributed by atoms with Crippen LogP contribution in [0.4, 0.5) is 0 Å². The quantitative estimate of drug-likeness (QED) is 0.568. The summed E-state index contributed by atoms with van der Waals surface area (Å²) in [7, 11) is 0. The third-order valence-electron chi connectivity index (χ3n) is 1.66. The van der Waals surface area contributed by atoms with Gasteiger partial charge >= 0.3 is 0 Å². The molecule has 0 spiro atoms. The molecule has 1 N–H and O–H groups in total. The van der Waals surface area contributed by atoms with Crippen molar-refractivity contribution < 1.29 is 0 Å². The number of rotatable bonds is 0. The average Bonchev–Trinajstić information content (AvgIpc) is 2.21. The van der Waals surface area contributed by atoms with Crippen molar-refractivity contribution >= 4 is 17.5 Å². The Bertz CT molecular complexity index is 289. The highest BCUT2D eigenvalue weighted by atomic mass is 14.2. The Morgan fingerprint density at radius 1 is 0.667 bits per heavy atom. The minimum atomic E-state index is 1.31. The maximum atomic E-state index is 5.50. The van der Waals surface area contributed by atoms with E-state index in [-0.39, 0.29) is 0 Å². The zero-order chi connectivity index (χ0) is 8.81. The Kier molecular flexibility index (Phi) is 3.03. The van der Waals surface area contributed by atoms with Gasteiger partial charge in [0.2, 0.25) is 0 Å². The van der Waals surface area contributed by atoms with Gasteiger partial charge in [0.25, 0.3) is 0 Å². The van der Waals surface area contributed by atoms with Crippen LogP contribution in [0.15, 0.2) is 48.5 Å². The molecule has 0 aromatic heterocycles. The standard InChI is InChI=1S/C10H8.CH3N/c1-2-6-10-8-4-3-7-9(10)5-1;1-2/h1-8H;2H,1H2. The van der Waals surface area contributed by atoms with E-state index in [1.807, 2.05) is 0 Å². The number of benzene rings is 2. The van der Waals surface area contributed by atoms with Crippen LogP contribution in [0.3, 0.4) is 0 Å². The topological polar surface area (TPSA) is 23.9 Å². The van der Waals surface area contributed by atoms with Gasteiger partial charge in [0.1, 0.15) is 0 Å². The third kappa shape index (κ3) is 1.70. The molecular formula is C11H11N. The predicted octanol–water partition coefficient (Wildman–Crippen LogP) is 3.11. The maximum absolute atomic E-state index is 5.50. The van der Waals surface area contributed by atoms with Crippen LogP contribution in [0.25, 0.3) is 10.8 Å². The molecule has 0 unspecified atom stereocenters. The summed E-state index contributed by atoms with van der Waals surface area (Å²) < 4.78 is 0. The summed E-state index contributed by atoms with van der Waals surface area (Å²) in [6.45, 7) is 2.50. The van der Waals surface area contributed by atoms with Crippen LogP contribution < -0.4 is 0 Å². The zero-order valence-corrected chi connectivity index (χ0v) is 6.83. The van der Waals surface area contributed by atoms with E-state index >= 15 is 0 Å². The fourth-order valence-electron chi connectivity index (χ4n) is 1.13. The Morgan fingerprint density at radius 3 is 1.17 bits per heavy atom. The van der Waals surface area contributed by atoms with Crippen LogP contribution in [0.5, 0.6) is 0 Å². The maximum Gasteiger partial charge on any atom is -0.0184 e. The second-order valence-corrected chi connectivity index (χ2v) is 2.35. The molecule has 0 amide bonds. The van der Waals surface area contributed by atoms with E-state index < -0.39 is 0 Å². The molecule has 0 bridgehead atoms. The summed E-state index contributed by atoms with van der Waals surface area (Å²) in [5.41, 5.74) is 0. The van der Waals surface area contributed by atoms with Crippen molar-refractivity contribution in [3.63, 3.8) is 0 Å². The summed E-state index contributed by atoms with van der Waals surface area (Å²) >= 11 is 0. The van der Waals surface area contributed by atoms with Gasteiger partial charge in [0.15, 0.2) is 0 Å². The first kappa shape index (κ1) is 8.47. The summed E-state index contributed by atoms with van der Waals surface area (Å²) in [5.74, 6) is 0. The van der Waals surface area contributed by atoms with Gasteiger partial charge in [-0.2, -0.15) is 0 Å². The molecule has 0 saturated heterocycles. The molecule has 2 aromatic rings. The van der Waals surface area contributed by atoms with E-state index in [1.54, 1.807) is 0 Å². The first-order valence-electron chi connectivity index (χ1n) is 3.76. The molecule has 1 heteroatoms.